The summed E-state index contributed by atoms with van der Waals surface area (Å²) in [6, 6.07) is 46.6. The van der Waals surface area contributed by atoms with Crippen LogP contribution < -0.4 is 0 Å². The summed E-state index contributed by atoms with van der Waals surface area (Å²) in [5, 5.41) is 5.67. The van der Waals surface area contributed by atoms with Gasteiger partial charge in [-0.2, -0.15) is 0 Å². The highest BCUT2D eigenvalue weighted by Gasteiger charge is 2.21. The van der Waals surface area contributed by atoms with Crippen molar-refractivity contribution in [1.82, 2.24) is 9.97 Å². The van der Waals surface area contributed by atoms with E-state index in [2.05, 4.69) is 115 Å². The van der Waals surface area contributed by atoms with Crippen LogP contribution in [0.2, 0.25) is 0 Å². The Labute approximate surface area is 245 Å². The molecule has 4 heteroatoms. The number of furan rings is 1. The number of benzene rings is 6. The molecule has 3 nitrogen and oxygen atoms in total. The molecule has 0 amide bonds. The predicted molar refractivity (Wildman–Crippen MR) is 176 cm³/mol. The van der Waals surface area contributed by atoms with E-state index in [-0.39, 0.29) is 0 Å². The molecule has 0 aliphatic heterocycles. The molecule has 0 unspecified atom stereocenters. The monoisotopic (exact) mass is 554 g/mol. The molecular formula is C38H22N2OS. The summed E-state index contributed by atoms with van der Waals surface area (Å²) in [6.45, 7) is 0. The number of hydrogen-bond donors (Lipinski definition) is 0. The van der Waals surface area contributed by atoms with Crippen LogP contribution in [0.4, 0.5) is 0 Å². The molecule has 0 radical (unpaired) electrons. The topological polar surface area (TPSA) is 38.9 Å². The van der Waals surface area contributed by atoms with Crippen LogP contribution in [0, 0.1) is 0 Å². The van der Waals surface area contributed by atoms with Gasteiger partial charge in [-0.1, -0.05) is 103 Å². The van der Waals surface area contributed by atoms with Crippen molar-refractivity contribution < 1.29 is 4.42 Å². The van der Waals surface area contributed by atoms with E-state index in [1.54, 1.807) is 11.3 Å². The predicted octanol–water partition coefficient (Wildman–Crippen LogP) is 10.9. The Hall–Kier alpha value is -5.32. The van der Waals surface area contributed by atoms with Crippen molar-refractivity contribution in [3.63, 3.8) is 0 Å². The second kappa shape index (κ2) is 9.10. The van der Waals surface area contributed by atoms with Gasteiger partial charge >= 0.3 is 0 Å². The molecule has 196 valence electrons. The Balaban J connectivity index is 1.39. The Morgan fingerprint density at radius 1 is 0.524 bits per heavy atom. The fourth-order valence-corrected chi connectivity index (χ4v) is 7.22. The van der Waals surface area contributed by atoms with E-state index in [1.807, 2.05) is 18.2 Å². The minimum absolute atomic E-state index is 0.698. The highest BCUT2D eigenvalue weighted by atomic mass is 32.1. The number of hydrogen-bond acceptors (Lipinski definition) is 4. The van der Waals surface area contributed by atoms with E-state index in [9.17, 15) is 0 Å². The lowest BCUT2D eigenvalue weighted by atomic mass is 9.96. The first-order valence-electron chi connectivity index (χ1n) is 14.0. The van der Waals surface area contributed by atoms with E-state index in [1.165, 1.54) is 15.5 Å². The Bertz CT molecular complexity index is 2470. The van der Waals surface area contributed by atoms with Gasteiger partial charge < -0.3 is 4.42 Å². The van der Waals surface area contributed by atoms with Crippen molar-refractivity contribution in [2.75, 3.05) is 0 Å². The van der Waals surface area contributed by atoms with Crippen molar-refractivity contribution in [3.05, 3.63) is 133 Å². The average molecular weight is 555 g/mol. The van der Waals surface area contributed by atoms with E-state index < -0.39 is 0 Å². The van der Waals surface area contributed by atoms with Crippen molar-refractivity contribution >= 4 is 64.4 Å². The third kappa shape index (κ3) is 3.59. The molecule has 0 bridgehead atoms. The highest BCUT2D eigenvalue weighted by molar-refractivity contribution is 7.26. The summed E-state index contributed by atoms with van der Waals surface area (Å²) in [5.74, 6) is 0.698. The zero-order chi connectivity index (χ0) is 27.6. The first kappa shape index (κ1) is 23.4. The summed E-state index contributed by atoms with van der Waals surface area (Å²) >= 11 is 1.75. The first-order chi connectivity index (χ1) is 20.8. The molecule has 42 heavy (non-hydrogen) atoms. The summed E-state index contributed by atoms with van der Waals surface area (Å²) in [6.07, 6.45) is 0. The number of fused-ring (bicyclic) bond motifs is 7. The normalized spacial score (nSPS) is 11.8. The smallest absolute Gasteiger partial charge is 0.161 e. The minimum atomic E-state index is 0.698. The van der Waals surface area contributed by atoms with Gasteiger partial charge in [0.05, 0.1) is 15.9 Å². The molecule has 3 aromatic heterocycles. The third-order valence-corrected chi connectivity index (χ3v) is 9.24. The number of aromatic nitrogens is 2. The third-order valence-electron chi connectivity index (χ3n) is 8.07. The Morgan fingerprint density at radius 2 is 1.29 bits per heavy atom. The molecule has 9 aromatic rings. The van der Waals surface area contributed by atoms with E-state index in [0.717, 1.165) is 65.5 Å². The molecule has 0 saturated carbocycles. The lowest BCUT2D eigenvalue weighted by Crippen LogP contribution is -1.95. The number of nitrogens with zero attached hydrogens (tertiary/aromatic N) is 2. The molecular weight excluding hydrogens is 532 g/mol. The van der Waals surface area contributed by atoms with Crippen LogP contribution in [0.25, 0.3) is 86.8 Å². The van der Waals surface area contributed by atoms with Crippen LogP contribution in [0.15, 0.2) is 138 Å². The van der Waals surface area contributed by atoms with E-state index in [4.69, 9.17) is 14.4 Å². The lowest BCUT2D eigenvalue weighted by molar-refractivity contribution is 0.669. The maximum atomic E-state index is 6.47. The maximum absolute atomic E-state index is 6.47. The summed E-state index contributed by atoms with van der Waals surface area (Å²) < 4.78 is 8.78. The SMILES string of the molecule is c1ccc(-c2nc(-c3cc(-c4ccc5ccccc5c4)cc4oc5ccccc5c34)nc3c2sc2ccccc23)cc1. The molecule has 3 heterocycles. The van der Waals surface area contributed by atoms with Crippen molar-refractivity contribution in [2.45, 2.75) is 0 Å². The summed E-state index contributed by atoms with van der Waals surface area (Å²) in [4.78, 5) is 10.6. The van der Waals surface area contributed by atoms with Gasteiger partial charge in [0.25, 0.3) is 0 Å². The van der Waals surface area contributed by atoms with Gasteiger partial charge in [-0.25, -0.2) is 9.97 Å². The zero-order valence-corrected chi connectivity index (χ0v) is 23.2. The standard InChI is InChI=1S/C38H22N2OS/c1-2-11-24(12-3-1)35-37-36(29-15-7-9-17-33(29)42-37)40-38(39-35)30-21-27(26-19-18-23-10-4-5-13-25(23)20-26)22-32-34(30)28-14-6-8-16-31(28)41-32/h1-22H. The molecule has 0 spiro atoms. The fraction of sp³-hybridized carbons (Fsp3) is 0. The van der Waals surface area contributed by atoms with Crippen molar-refractivity contribution in [1.29, 1.82) is 0 Å². The Kier molecular flexibility index (Phi) is 5.07. The van der Waals surface area contributed by atoms with Crippen LogP contribution in [0.1, 0.15) is 0 Å². The van der Waals surface area contributed by atoms with Gasteiger partial charge in [-0.3, -0.25) is 0 Å². The minimum Gasteiger partial charge on any atom is -0.456 e. The van der Waals surface area contributed by atoms with Gasteiger partial charge in [0, 0.05) is 32.0 Å². The summed E-state index contributed by atoms with van der Waals surface area (Å²) in [7, 11) is 0. The number of thiophene rings is 1. The molecule has 6 aromatic carbocycles. The van der Waals surface area contributed by atoms with Gasteiger partial charge in [-0.15, -0.1) is 11.3 Å². The van der Waals surface area contributed by atoms with Crippen LogP contribution in [0.3, 0.4) is 0 Å². The quantitative estimate of drug-likeness (QED) is 0.218. The van der Waals surface area contributed by atoms with E-state index >= 15 is 0 Å². The van der Waals surface area contributed by atoms with Crippen molar-refractivity contribution in [3.8, 4) is 33.8 Å². The largest absolute Gasteiger partial charge is 0.456 e. The fourth-order valence-electron chi connectivity index (χ4n) is 6.07. The van der Waals surface area contributed by atoms with Crippen LogP contribution in [-0.4, -0.2) is 9.97 Å². The molecule has 0 N–H and O–H groups in total. The second-order valence-electron chi connectivity index (χ2n) is 10.6. The molecule has 0 atom stereocenters. The van der Waals surface area contributed by atoms with Crippen LogP contribution in [0.5, 0.6) is 0 Å². The summed E-state index contributed by atoms with van der Waals surface area (Å²) in [5.41, 5.74) is 7.87. The first-order valence-corrected chi connectivity index (χ1v) is 14.8. The molecule has 0 aliphatic rings. The Morgan fingerprint density at radius 3 is 2.19 bits per heavy atom. The van der Waals surface area contributed by atoms with Gasteiger partial charge in [0.1, 0.15) is 11.2 Å². The molecule has 0 fully saturated rings. The highest BCUT2D eigenvalue weighted by Crippen LogP contribution is 2.43. The molecule has 0 aliphatic carbocycles. The lowest BCUT2D eigenvalue weighted by Gasteiger charge is -2.11. The average Bonchev–Trinajstić information content (AvgIpc) is 3.62. The number of rotatable bonds is 3. The van der Waals surface area contributed by atoms with E-state index in [0.29, 0.717) is 5.82 Å². The van der Waals surface area contributed by atoms with Crippen LogP contribution in [-0.2, 0) is 0 Å². The van der Waals surface area contributed by atoms with Gasteiger partial charge in [0.2, 0.25) is 0 Å². The molecule has 0 saturated heterocycles. The van der Waals surface area contributed by atoms with Gasteiger partial charge in [-0.05, 0) is 52.2 Å². The van der Waals surface area contributed by atoms with Crippen molar-refractivity contribution in [2.24, 2.45) is 0 Å². The van der Waals surface area contributed by atoms with Gasteiger partial charge in [0.15, 0.2) is 5.82 Å². The molecule has 9 rings (SSSR count). The zero-order valence-electron chi connectivity index (χ0n) is 22.4. The van der Waals surface area contributed by atoms with Crippen LogP contribution >= 0.6 is 11.3 Å². The maximum Gasteiger partial charge on any atom is 0.161 e. The number of para-hydroxylation sites is 1. The second-order valence-corrected chi connectivity index (χ2v) is 11.6.